The normalized spacial score (nSPS) is 14.5. The van der Waals surface area contributed by atoms with Crippen LogP contribution in [0.4, 0.5) is 34.3 Å². The van der Waals surface area contributed by atoms with Crippen LogP contribution in [0.25, 0.3) is 44.3 Å². The molecule has 60 heavy (non-hydrogen) atoms. The summed E-state index contributed by atoms with van der Waals surface area (Å²) in [4.78, 5) is 10.3. The fraction of sp³-hybridized carbons (Fsp3) is 0.105. The minimum atomic E-state index is -0.267. The molecular formula is C57H45N3. The van der Waals surface area contributed by atoms with Crippen molar-refractivity contribution in [2.24, 2.45) is 0 Å². The van der Waals surface area contributed by atoms with Crippen LogP contribution in [0.3, 0.4) is 0 Å². The van der Waals surface area contributed by atoms with Crippen molar-refractivity contribution in [1.29, 1.82) is 0 Å². The number of hydrogen-bond acceptors (Lipinski definition) is 3. The summed E-state index contributed by atoms with van der Waals surface area (Å²) in [6.45, 7) is 9.47. The molecule has 0 radical (unpaired) electrons. The third-order valence-electron chi connectivity index (χ3n) is 13.0. The Hall–Kier alpha value is -7.23. The lowest BCUT2D eigenvalue weighted by molar-refractivity contribution is 0.630. The van der Waals surface area contributed by atoms with Crippen LogP contribution >= 0.6 is 0 Å². The summed E-state index contributed by atoms with van der Waals surface area (Å²) in [6.07, 6.45) is 0. The second kappa shape index (κ2) is 13.7. The van der Waals surface area contributed by atoms with Gasteiger partial charge in [-0.05, 0) is 116 Å². The van der Waals surface area contributed by atoms with Gasteiger partial charge in [-0.3, -0.25) is 4.90 Å². The summed E-state index contributed by atoms with van der Waals surface area (Å²) in [5.41, 5.74) is 17.4. The van der Waals surface area contributed by atoms with E-state index in [0.29, 0.717) is 0 Å². The Morgan fingerprint density at radius 1 is 0.333 bits per heavy atom. The van der Waals surface area contributed by atoms with E-state index >= 15 is 0 Å². The molecule has 8 aromatic carbocycles. The zero-order valence-corrected chi connectivity index (χ0v) is 34.4. The SMILES string of the molecule is CC1(C)c2ccccc2N(c2ccc3ccccc3c2)c2ccc(-c3ccc4c(c3)C(C)(C)c3ccccc3N4c3cc(-c4ccccc4)cc(-c4ccccc4)n3)cc21. The van der Waals surface area contributed by atoms with Gasteiger partial charge in [0.05, 0.1) is 28.4 Å². The maximum Gasteiger partial charge on any atom is 0.138 e. The number of para-hydroxylation sites is 2. The van der Waals surface area contributed by atoms with Crippen molar-refractivity contribution in [2.75, 3.05) is 9.80 Å². The van der Waals surface area contributed by atoms with Crippen molar-refractivity contribution < 1.29 is 0 Å². The van der Waals surface area contributed by atoms with Gasteiger partial charge in [0.15, 0.2) is 0 Å². The Kier molecular flexibility index (Phi) is 8.18. The molecule has 3 heterocycles. The van der Waals surface area contributed by atoms with Crippen LogP contribution in [0.2, 0.25) is 0 Å². The molecule has 0 amide bonds. The van der Waals surface area contributed by atoms with Gasteiger partial charge in [0.2, 0.25) is 0 Å². The van der Waals surface area contributed by atoms with E-state index in [1.807, 2.05) is 0 Å². The lowest BCUT2D eigenvalue weighted by Gasteiger charge is -2.42. The predicted octanol–water partition coefficient (Wildman–Crippen LogP) is 15.5. The quantitative estimate of drug-likeness (QED) is 0.174. The minimum Gasteiger partial charge on any atom is -0.310 e. The Morgan fingerprint density at radius 2 is 0.833 bits per heavy atom. The highest BCUT2D eigenvalue weighted by Crippen LogP contribution is 2.55. The summed E-state index contributed by atoms with van der Waals surface area (Å²) in [7, 11) is 0. The lowest BCUT2D eigenvalue weighted by atomic mass is 9.72. The highest BCUT2D eigenvalue weighted by Gasteiger charge is 2.39. The fourth-order valence-electron chi connectivity index (χ4n) is 9.79. The molecule has 2 aliphatic rings. The molecule has 1 aromatic heterocycles. The highest BCUT2D eigenvalue weighted by atomic mass is 15.2. The molecule has 11 rings (SSSR count). The van der Waals surface area contributed by atoms with E-state index in [1.54, 1.807) is 0 Å². The Morgan fingerprint density at radius 3 is 1.47 bits per heavy atom. The summed E-state index contributed by atoms with van der Waals surface area (Å²) < 4.78 is 0. The first kappa shape index (κ1) is 35.9. The number of benzene rings is 8. The smallest absolute Gasteiger partial charge is 0.138 e. The lowest BCUT2D eigenvalue weighted by Crippen LogP contribution is -2.31. The van der Waals surface area contributed by atoms with E-state index < -0.39 is 0 Å². The minimum absolute atomic E-state index is 0.218. The fourth-order valence-corrected chi connectivity index (χ4v) is 9.79. The number of anilines is 6. The molecule has 0 unspecified atom stereocenters. The van der Waals surface area contributed by atoms with Gasteiger partial charge in [0, 0.05) is 22.1 Å². The van der Waals surface area contributed by atoms with E-state index in [-0.39, 0.29) is 10.8 Å². The van der Waals surface area contributed by atoms with E-state index in [1.165, 1.54) is 61.2 Å². The number of fused-ring (bicyclic) bond motifs is 5. The zero-order chi connectivity index (χ0) is 40.6. The Balaban J connectivity index is 1.07. The number of nitrogens with zero attached hydrogens (tertiary/aromatic N) is 3. The van der Waals surface area contributed by atoms with Gasteiger partial charge < -0.3 is 4.90 Å². The molecule has 2 aliphatic heterocycles. The molecular weight excluding hydrogens is 727 g/mol. The monoisotopic (exact) mass is 771 g/mol. The molecule has 0 bridgehead atoms. The maximum atomic E-state index is 5.43. The van der Waals surface area contributed by atoms with Gasteiger partial charge in [0.1, 0.15) is 5.82 Å². The topological polar surface area (TPSA) is 19.4 Å². The first-order chi connectivity index (χ1) is 29.3. The van der Waals surface area contributed by atoms with Crippen LogP contribution in [0.5, 0.6) is 0 Å². The third kappa shape index (κ3) is 5.68. The first-order valence-corrected chi connectivity index (χ1v) is 21.0. The zero-order valence-electron chi connectivity index (χ0n) is 34.4. The van der Waals surface area contributed by atoms with Crippen LogP contribution in [0.1, 0.15) is 49.9 Å². The van der Waals surface area contributed by atoms with Crippen LogP contribution in [-0.2, 0) is 10.8 Å². The Labute approximate surface area is 352 Å². The summed E-state index contributed by atoms with van der Waals surface area (Å²) in [5, 5.41) is 2.48. The molecule has 0 fully saturated rings. The standard InChI is InChI=1S/C57H45N3/c1-56(2)46-23-13-15-25-51(46)59(45-30-27-39-19-11-12-22-41(39)33-45)53-31-28-42(34-48(53)56)43-29-32-54-49(35-43)57(3,4)47-24-14-16-26-52(47)60(54)55-37-44(38-17-7-5-8-18-38)36-50(58-55)40-20-9-6-10-21-40/h5-37H,1-4H3. The van der Waals surface area contributed by atoms with Gasteiger partial charge in [-0.15, -0.1) is 0 Å². The van der Waals surface area contributed by atoms with Crippen molar-refractivity contribution in [2.45, 2.75) is 38.5 Å². The number of hydrogen-bond donors (Lipinski definition) is 0. The van der Waals surface area contributed by atoms with E-state index in [4.69, 9.17) is 4.98 Å². The van der Waals surface area contributed by atoms with Gasteiger partial charge in [-0.25, -0.2) is 4.98 Å². The average molecular weight is 772 g/mol. The predicted molar refractivity (Wildman–Crippen MR) is 252 cm³/mol. The molecule has 3 nitrogen and oxygen atoms in total. The summed E-state index contributed by atoms with van der Waals surface area (Å²) >= 11 is 0. The van der Waals surface area contributed by atoms with Gasteiger partial charge in [0.25, 0.3) is 0 Å². The van der Waals surface area contributed by atoms with Crippen LogP contribution in [0.15, 0.2) is 200 Å². The van der Waals surface area contributed by atoms with Crippen LogP contribution in [0, 0.1) is 0 Å². The van der Waals surface area contributed by atoms with E-state index in [9.17, 15) is 0 Å². The van der Waals surface area contributed by atoms with Crippen molar-refractivity contribution in [3.05, 3.63) is 222 Å². The average Bonchev–Trinajstić information content (AvgIpc) is 3.29. The molecule has 288 valence electrons. The summed E-state index contributed by atoms with van der Waals surface area (Å²) in [6, 6.07) is 73.0. The second-order valence-electron chi connectivity index (χ2n) is 17.3. The molecule has 0 atom stereocenters. The molecule has 0 saturated carbocycles. The number of pyridine rings is 1. The van der Waals surface area contributed by atoms with Crippen molar-refractivity contribution >= 4 is 45.0 Å². The molecule has 3 heteroatoms. The van der Waals surface area contributed by atoms with Crippen LogP contribution in [-0.4, -0.2) is 4.98 Å². The van der Waals surface area contributed by atoms with E-state index in [2.05, 4.69) is 238 Å². The molecule has 0 saturated heterocycles. The summed E-state index contributed by atoms with van der Waals surface area (Å²) in [5.74, 6) is 0.898. The molecule has 0 aliphatic carbocycles. The molecule has 0 spiro atoms. The van der Waals surface area contributed by atoms with Crippen molar-refractivity contribution in [3.63, 3.8) is 0 Å². The number of rotatable bonds is 5. The Bertz CT molecular complexity index is 3050. The van der Waals surface area contributed by atoms with Gasteiger partial charge in [-0.1, -0.05) is 167 Å². The second-order valence-corrected chi connectivity index (χ2v) is 17.3. The van der Waals surface area contributed by atoms with Crippen molar-refractivity contribution in [1.82, 2.24) is 4.98 Å². The maximum absolute atomic E-state index is 5.43. The third-order valence-corrected chi connectivity index (χ3v) is 13.0. The van der Waals surface area contributed by atoms with E-state index in [0.717, 1.165) is 39.6 Å². The highest BCUT2D eigenvalue weighted by molar-refractivity contribution is 5.94. The number of aromatic nitrogens is 1. The van der Waals surface area contributed by atoms with Gasteiger partial charge >= 0.3 is 0 Å². The molecule has 0 N–H and O–H groups in total. The molecule has 9 aromatic rings. The van der Waals surface area contributed by atoms with Gasteiger partial charge in [-0.2, -0.15) is 0 Å². The first-order valence-electron chi connectivity index (χ1n) is 21.0. The van der Waals surface area contributed by atoms with Crippen molar-refractivity contribution in [3.8, 4) is 33.5 Å². The van der Waals surface area contributed by atoms with Crippen LogP contribution < -0.4 is 9.80 Å². The largest absolute Gasteiger partial charge is 0.310 e.